The van der Waals surface area contributed by atoms with Crippen LogP contribution in [0.3, 0.4) is 0 Å². The first-order valence-electron chi connectivity index (χ1n) is 5.16. The second-order valence-electron chi connectivity index (χ2n) is 4.13. The molecule has 2 rings (SSSR count). The van der Waals surface area contributed by atoms with E-state index in [0.717, 1.165) is 19.4 Å². The van der Waals surface area contributed by atoms with Crippen molar-refractivity contribution in [1.82, 2.24) is 5.32 Å². The summed E-state index contributed by atoms with van der Waals surface area (Å²) < 4.78 is 5.42. The molecule has 4 unspecified atom stereocenters. The van der Waals surface area contributed by atoms with E-state index in [1.165, 1.54) is 0 Å². The normalized spacial score (nSPS) is 38.2. The minimum atomic E-state index is 0.169. The molecule has 0 spiro atoms. The fourth-order valence-corrected chi connectivity index (χ4v) is 2.04. The molecule has 1 N–H and O–H groups in total. The first kappa shape index (κ1) is 9.00. The molecule has 1 heterocycles. The fraction of sp³-hybridized carbons (Fsp3) is 0.900. The standard InChI is InChI=1S/C10H17NO2/c1-3-6(2)11-10(12)8-7-4-5-13-9(7)8/h6-9H,3-5H2,1-2H3,(H,11,12). The minimum absolute atomic E-state index is 0.169. The predicted molar refractivity (Wildman–Crippen MR) is 49.2 cm³/mol. The highest BCUT2D eigenvalue weighted by Gasteiger charge is 2.58. The number of carbonyl (C=O) groups excluding carboxylic acids is 1. The maximum atomic E-state index is 11.6. The Balaban J connectivity index is 1.80. The smallest absolute Gasteiger partial charge is 0.226 e. The van der Waals surface area contributed by atoms with Crippen LogP contribution in [0.2, 0.25) is 0 Å². The average molecular weight is 183 g/mol. The average Bonchev–Trinajstić information content (AvgIpc) is 2.61. The molecule has 0 bridgehead atoms. The van der Waals surface area contributed by atoms with Gasteiger partial charge in [0.25, 0.3) is 0 Å². The van der Waals surface area contributed by atoms with Gasteiger partial charge in [-0.3, -0.25) is 4.79 Å². The maximum absolute atomic E-state index is 11.6. The molecule has 1 aliphatic heterocycles. The van der Waals surface area contributed by atoms with Gasteiger partial charge in [-0.05, 0) is 19.8 Å². The molecule has 0 aromatic rings. The van der Waals surface area contributed by atoms with Gasteiger partial charge in [-0.2, -0.15) is 0 Å². The van der Waals surface area contributed by atoms with Crippen LogP contribution in [-0.2, 0) is 9.53 Å². The lowest BCUT2D eigenvalue weighted by Gasteiger charge is -2.11. The largest absolute Gasteiger partial charge is 0.377 e. The molecule has 2 fully saturated rings. The highest BCUT2D eigenvalue weighted by atomic mass is 16.5. The zero-order chi connectivity index (χ0) is 9.42. The molecule has 74 valence electrons. The lowest BCUT2D eigenvalue weighted by molar-refractivity contribution is -0.124. The Morgan fingerprint density at radius 2 is 2.46 bits per heavy atom. The van der Waals surface area contributed by atoms with Crippen LogP contribution in [0.15, 0.2) is 0 Å². The molecule has 0 aromatic carbocycles. The second kappa shape index (κ2) is 3.29. The van der Waals surface area contributed by atoms with Gasteiger partial charge in [0.05, 0.1) is 12.0 Å². The van der Waals surface area contributed by atoms with Gasteiger partial charge in [0.15, 0.2) is 0 Å². The lowest BCUT2D eigenvalue weighted by Crippen LogP contribution is -2.34. The van der Waals surface area contributed by atoms with Crippen molar-refractivity contribution in [2.75, 3.05) is 6.61 Å². The Bertz CT molecular complexity index is 207. The number of amides is 1. The van der Waals surface area contributed by atoms with Crippen LogP contribution >= 0.6 is 0 Å². The zero-order valence-corrected chi connectivity index (χ0v) is 8.25. The van der Waals surface area contributed by atoms with E-state index in [9.17, 15) is 4.79 Å². The van der Waals surface area contributed by atoms with Crippen molar-refractivity contribution in [2.45, 2.75) is 38.8 Å². The van der Waals surface area contributed by atoms with Crippen LogP contribution in [0.25, 0.3) is 0 Å². The summed E-state index contributed by atoms with van der Waals surface area (Å²) >= 11 is 0. The third-order valence-electron chi connectivity index (χ3n) is 3.16. The van der Waals surface area contributed by atoms with Gasteiger partial charge in [0.2, 0.25) is 5.91 Å². The van der Waals surface area contributed by atoms with Crippen LogP contribution in [0, 0.1) is 11.8 Å². The molecule has 2 aliphatic rings. The monoisotopic (exact) mass is 183 g/mol. The number of hydrogen-bond donors (Lipinski definition) is 1. The van der Waals surface area contributed by atoms with E-state index in [2.05, 4.69) is 12.2 Å². The first-order chi connectivity index (χ1) is 6.24. The number of ether oxygens (including phenoxy) is 1. The summed E-state index contributed by atoms with van der Waals surface area (Å²) in [5, 5.41) is 3.00. The van der Waals surface area contributed by atoms with E-state index < -0.39 is 0 Å². The third kappa shape index (κ3) is 1.57. The molecule has 1 saturated carbocycles. The van der Waals surface area contributed by atoms with Crippen molar-refractivity contribution in [1.29, 1.82) is 0 Å². The quantitative estimate of drug-likeness (QED) is 0.707. The van der Waals surface area contributed by atoms with E-state index in [1.807, 2.05) is 6.92 Å². The summed E-state index contributed by atoms with van der Waals surface area (Å²) in [5.41, 5.74) is 0. The van der Waals surface area contributed by atoms with Gasteiger partial charge in [-0.1, -0.05) is 6.92 Å². The van der Waals surface area contributed by atoms with Gasteiger partial charge in [-0.15, -0.1) is 0 Å². The van der Waals surface area contributed by atoms with Crippen LogP contribution in [0.1, 0.15) is 26.7 Å². The van der Waals surface area contributed by atoms with Crippen molar-refractivity contribution < 1.29 is 9.53 Å². The van der Waals surface area contributed by atoms with E-state index >= 15 is 0 Å². The van der Waals surface area contributed by atoms with E-state index in [-0.39, 0.29) is 17.9 Å². The summed E-state index contributed by atoms with van der Waals surface area (Å²) in [6, 6.07) is 0.300. The van der Waals surface area contributed by atoms with E-state index in [0.29, 0.717) is 12.0 Å². The van der Waals surface area contributed by atoms with Gasteiger partial charge < -0.3 is 10.1 Å². The molecule has 3 nitrogen and oxygen atoms in total. The molecule has 0 aromatic heterocycles. The van der Waals surface area contributed by atoms with Crippen molar-refractivity contribution >= 4 is 5.91 Å². The Hall–Kier alpha value is -0.570. The molecule has 0 radical (unpaired) electrons. The van der Waals surface area contributed by atoms with Crippen molar-refractivity contribution in [2.24, 2.45) is 11.8 Å². The summed E-state index contributed by atoms with van der Waals surface area (Å²) in [6.07, 6.45) is 2.32. The predicted octanol–water partition coefficient (Wildman–Crippen LogP) is 0.936. The van der Waals surface area contributed by atoms with Gasteiger partial charge >= 0.3 is 0 Å². The summed E-state index contributed by atoms with van der Waals surface area (Å²) in [6.45, 7) is 4.97. The van der Waals surface area contributed by atoms with Gasteiger partial charge in [0, 0.05) is 18.6 Å². The molecular weight excluding hydrogens is 166 g/mol. The molecular formula is C10H17NO2. The molecule has 1 aliphatic carbocycles. The zero-order valence-electron chi connectivity index (χ0n) is 8.25. The van der Waals surface area contributed by atoms with Gasteiger partial charge in [0.1, 0.15) is 0 Å². The maximum Gasteiger partial charge on any atom is 0.226 e. The van der Waals surface area contributed by atoms with E-state index in [1.54, 1.807) is 0 Å². The molecule has 1 saturated heterocycles. The Morgan fingerprint density at radius 3 is 3.00 bits per heavy atom. The Kier molecular flexibility index (Phi) is 2.28. The molecule has 1 amide bonds. The fourth-order valence-electron chi connectivity index (χ4n) is 2.04. The topological polar surface area (TPSA) is 38.3 Å². The highest BCUT2D eigenvalue weighted by Crippen LogP contribution is 2.49. The van der Waals surface area contributed by atoms with Crippen LogP contribution in [0.4, 0.5) is 0 Å². The number of rotatable bonds is 3. The third-order valence-corrected chi connectivity index (χ3v) is 3.16. The van der Waals surface area contributed by atoms with Crippen LogP contribution in [-0.4, -0.2) is 24.7 Å². The highest BCUT2D eigenvalue weighted by molar-refractivity contribution is 5.83. The Labute approximate surface area is 78.8 Å². The van der Waals surface area contributed by atoms with Crippen molar-refractivity contribution in [3.63, 3.8) is 0 Å². The minimum Gasteiger partial charge on any atom is -0.377 e. The number of carbonyl (C=O) groups is 1. The molecule has 4 atom stereocenters. The van der Waals surface area contributed by atoms with Crippen LogP contribution in [0.5, 0.6) is 0 Å². The summed E-state index contributed by atoms with van der Waals surface area (Å²) in [7, 11) is 0. The number of nitrogens with one attached hydrogen (secondary N) is 1. The van der Waals surface area contributed by atoms with Gasteiger partial charge in [-0.25, -0.2) is 0 Å². The lowest BCUT2D eigenvalue weighted by atomic mass is 10.2. The van der Waals surface area contributed by atoms with Crippen molar-refractivity contribution in [3.8, 4) is 0 Å². The molecule has 13 heavy (non-hydrogen) atoms. The Morgan fingerprint density at radius 1 is 1.69 bits per heavy atom. The molecule has 3 heteroatoms. The number of hydrogen-bond acceptors (Lipinski definition) is 2. The van der Waals surface area contributed by atoms with E-state index in [4.69, 9.17) is 4.74 Å². The summed E-state index contributed by atoms with van der Waals surface area (Å²) in [4.78, 5) is 11.6. The number of fused-ring (bicyclic) bond motifs is 1. The summed E-state index contributed by atoms with van der Waals surface area (Å²) in [5.74, 6) is 0.899. The second-order valence-corrected chi connectivity index (χ2v) is 4.13. The first-order valence-corrected chi connectivity index (χ1v) is 5.16. The van der Waals surface area contributed by atoms with Crippen LogP contribution < -0.4 is 5.32 Å². The SMILES string of the molecule is CCC(C)NC(=O)C1C2CCOC21. The van der Waals surface area contributed by atoms with Crippen molar-refractivity contribution in [3.05, 3.63) is 0 Å².